The van der Waals surface area contributed by atoms with Crippen LogP contribution >= 0.6 is 11.3 Å². The van der Waals surface area contributed by atoms with Crippen LogP contribution in [0.4, 0.5) is 5.00 Å². The van der Waals surface area contributed by atoms with Crippen molar-refractivity contribution in [3.05, 3.63) is 30.2 Å². The molecule has 0 unspecified atom stereocenters. The second kappa shape index (κ2) is 6.17. The van der Waals surface area contributed by atoms with Gasteiger partial charge in [0.15, 0.2) is 5.69 Å². The summed E-state index contributed by atoms with van der Waals surface area (Å²) in [5.41, 5.74) is 3.39. The number of hydrogen-bond donors (Lipinski definition) is 2. The standard InChI is InChI=1S/C13H15N5O2S/c14-17-11(19)10-13(18-4-6-20-7-5-18)21-12(16-10)9-2-1-3-15-8-9/h1-3,8H,4-7,14H2,(H,17,19). The number of pyridine rings is 1. The van der Waals surface area contributed by atoms with Gasteiger partial charge in [-0.1, -0.05) is 11.3 Å². The van der Waals surface area contributed by atoms with Crippen LogP contribution in [0.15, 0.2) is 24.5 Å². The third-order valence-electron chi connectivity index (χ3n) is 3.16. The van der Waals surface area contributed by atoms with Crippen molar-refractivity contribution in [1.82, 2.24) is 15.4 Å². The molecule has 0 aromatic carbocycles. The zero-order chi connectivity index (χ0) is 14.7. The first kappa shape index (κ1) is 13.9. The molecule has 21 heavy (non-hydrogen) atoms. The Balaban J connectivity index is 2.00. The first-order chi connectivity index (χ1) is 10.3. The summed E-state index contributed by atoms with van der Waals surface area (Å²) in [5, 5.41) is 1.57. The van der Waals surface area contributed by atoms with Gasteiger partial charge in [-0.3, -0.25) is 15.2 Å². The van der Waals surface area contributed by atoms with E-state index in [0.717, 1.165) is 28.7 Å². The summed E-state index contributed by atoms with van der Waals surface area (Å²) in [4.78, 5) is 22.6. The Morgan fingerprint density at radius 2 is 2.24 bits per heavy atom. The first-order valence-corrected chi connectivity index (χ1v) is 7.36. The lowest BCUT2D eigenvalue weighted by Gasteiger charge is -2.27. The number of carbonyl (C=O) groups is 1. The molecule has 0 atom stereocenters. The number of amides is 1. The molecule has 0 radical (unpaired) electrons. The van der Waals surface area contributed by atoms with Gasteiger partial charge in [0.1, 0.15) is 10.0 Å². The Hall–Kier alpha value is -2.03. The number of rotatable bonds is 3. The minimum Gasteiger partial charge on any atom is -0.378 e. The first-order valence-electron chi connectivity index (χ1n) is 6.54. The Morgan fingerprint density at radius 1 is 1.43 bits per heavy atom. The fourth-order valence-corrected chi connectivity index (χ4v) is 3.23. The second-order valence-electron chi connectivity index (χ2n) is 4.49. The van der Waals surface area contributed by atoms with Crippen LogP contribution in [0.2, 0.25) is 0 Å². The molecule has 0 saturated carbocycles. The van der Waals surface area contributed by atoms with Crippen LogP contribution in [-0.2, 0) is 4.74 Å². The molecule has 0 bridgehead atoms. The number of carbonyl (C=O) groups excluding carboxylic acids is 1. The molecule has 2 aromatic rings. The normalized spacial score (nSPS) is 15.0. The van der Waals surface area contributed by atoms with Gasteiger partial charge in [0, 0.05) is 31.0 Å². The number of nitrogens with two attached hydrogens (primary N) is 1. The third kappa shape index (κ3) is 2.87. The van der Waals surface area contributed by atoms with Crippen LogP contribution in [0.25, 0.3) is 10.6 Å². The number of anilines is 1. The molecule has 2 aromatic heterocycles. The van der Waals surface area contributed by atoms with Crippen LogP contribution in [0.3, 0.4) is 0 Å². The summed E-state index contributed by atoms with van der Waals surface area (Å²) >= 11 is 1.47. The van der Waals surface area contributed by atoms with Gasteiger partial charge in [-0.25, -0.2) is 10.8 Å². The lowest BCUT2D eigenvalue weighted by atomic mass is 10.3. The van der Waals surface area contributed by atoms with E-state index in [1.165, 1.54) is 11.3 Å². The van der Waals surface area contributed by atoms with E-state index >= 15 is 0 Å². The lowest BCUT2D eigenvalue weighted by Crippen LogP contribution is -2.38. The van der Waals surface area contributed by atoms with E-state index < -0.39 is 0 Å². The van der Waals surface area contributed by atoms with Crippen molar-refractivity contribution < 1.29 is 9.53 Å². The number of hydrazine groups is 1. The molecule has 1 aliphatic rings. The predicted octanol–water partition coefficient (Wildman–Crippen LogP) is 0.645. The highest BCUT2D eigenvalue weighted by Gasteiger charge is 2.24. The maximum absolute atomic E-state index is 12.0. The van der Waals surface area contributed by atoms with Crippen molar-refractivity contribution in [1.29, 1.82) is 0 Å². The fourth-order valence-electron chi connectivity index (χ4n) is 2.12. The van der Waals surface area contributed by atoms with Crippen LogP contribution in [0.1, 0.15) is 10.5 Å². The minimum absolute atomic E-state index is 0.350. The summed E-state index contributed by atoms with van der Waals surface area (Å²) in [6.45, 7) is 2.76. The number of nitrogens with one attached hydrogen (secondary N) is 1. The second-order valence-corrected chi connectivity index (χ2v) is 5.46. The van der Waals surface area contributed by atoms with Crippen molar-refractivity contribution in [2.24, 2.45) is 5.84 Å². The van der Waals surface area contributed by atoms with Crippen molar-refractivity contribution in [2.45, 2.75) is 0 Å². The van der Waals surface area contributed by atoms with Gasteiger partial charge in [0.25, 0.3) is 5.91 Å². The minimum atomic E-state index is -0.386. The lowest BCUT2D eigenvalue weighted by molar-refractivity contribution is 0.0948. The Kier molecular flexibility index (Phi) is 4.09. The number of nitrogen functional groups attached to an aromatic ring is 1. The Bertz CT molecular complexity index is 625. The molecule has 8 heteroatoms. The zero-order valence-electron chi connectivity index (χ0n) is 11.3. The van der Waals surface area contributed by atoms with E-state index in [0.29, 0.717) is 18.9 Å². The van der Waals surface area contributed by atoms with E-state index in [1.54, 1.807) is 12.4 Å². The van der Waals surface area contributed by atoms with Crippen molar-refractivity contribution in [2.75, 3.05) is 31.2 Å². The average Bonchev–Trinajstić information content (AvgIpc) is 3.01. The molecule has 1 amide bonds. The fraction of sp³-hybridized carbons (Fsp3) is 0.308. The van der Waals surface area contributed by atoms with Gasteiger partial charge in [-0.15, -0.1) is 0 Å². The molecular formula is C13H15N5O2S. The number of thiazole rings is 1. The number of morpholine rings is 1. The monoisotopic (exact) mass is 305 g/mol. The maximum atomic E-state index is 12.0. The van der Waals surface area contributed by atoms with E-state index in [2.05, 4.69) is 20.3 Å². The molecule has 1 aliphatic heterocycles. The van der Waals surface area contributed by atoms with Gasteiger partial charge in [0.2, 0.25) is 0 Å². The molecule has 3 heterocycles. The van der Waals surface area contributed by atoms with Crippen LogP contribution in [0, 0.1) is 0 Å². The van der Waals surface area contributed by atoms with Crippen molar-refractivity contribution in [3.63, 3.8) is 0 Å². The molecule has 3 rings (SSSR count). The summed E-state index contributed by atoms with van der Waals surface area (Å²) in [5.74, 6) is 4.87. The molecule has 7 nitrogen and oxygen atoms in total. The summed E-state index contributed by atoms with van der Waals surface area (Å²) in [6.07, 6.45) is 3.43. The Morgan fingerprint density at radius 3 is 2.90 bits per heavy atom. The number of hydrogen-bond acceptors (Lipinski definition) is 7. The topological polar surface area (TPSA) is 93.4 Å². The maximum Gasteiger partial charge on any atom is 0.286 e. The zero-order valence-corrected chi connectivity index (χ0v) is 12.1. The van der Waals surface area contributed by atoms with Crippen LogP contribution < -0.4 is 16.2 Å². The molecule has 1 fully saturated rings. The van der Waals surface area contributed by atoms with Gasteiger partial charge < -0.3 is 9.64 Å². The highest BCUT2D eigenvalue weighted by Crippen LogP contribution is 2.34. The highest BCUT2D eigenvalue weighted by atomic mass is 32.1. The van der Waals surface area contributed by atoms with E-state index in [4.69, 9.17) is 10.6 Å². The van der Waals surface area contributed by atoms with E-state index in [1.807, 2.05) is 12.1 Å². The number of aromatic nitrogens is 2. The van der Waals surface area contributed by atoms with Crippen LogP contribution in [0.5, 0.6) is 0 Å². The Labute approximate surface area is 125 Å². The van der Waals surface area contributed by atoms with Crippen LogP contribution in [-0.4, -0.2) is 42.2 Å². The molecule has 0 aliphatic carbocycles. The number of ether oxygens (including phenoxy) is 1. The SMILES string of the molecule is NNC(=O)c1nc(-c2cccnc2)sc1N1CCOCC1. The largest absolute Gasteiger partial charge is 0.378 e. The van der Waals surface area contributed by atoms with Crippen molar-refractivity contribution >= 4 is 22.2 Å². The third-order valence-corrected chi connectivity index (χ3v) is 4.33. The summed E-state index contributed by atoms with van der Waals surface area (Å²) < 4.78 is 5.35. The number of nitrogens with zero attached hydrogens (tertiary/aromatic N) is 3. The van der Waals surface area contributed by atoms with E-state index in [9.17, 15) is 4.79 Å². The smallest absolute Gasteiger partial charge is 0.286 e. The molecular weight excluding hydrogens is 290 g/mol. The predicted molar refractivity (Wildman–Crippen MR) is 80.0 cm³/mol. The molecule has 0 spiro atoms. The average molecular weight is 305 g/mol. The van der Waals surface area contributed by atoms with Crippen molar-refractivity contribution in [3.8, 4) is 10.6 Å². The summed E-state index contributed by atoms with van der Waals surface area (Å²) in [6, 6.07) is 3.76. The van der Waals surface area contributed by atoms with Gasteiger partial charge in [-0.2, -0.15) is 0 Å². The molecule has 3 N–H and O–H groups in total. The summed E-state index contributed by atoms with van der Waals surface area (Å²) in [7, 11) is 0. The molecule has 110 valence electrons. The molecule has 1 saturated heterocycles. The quantitative estimate of drug-likeness (QED) is 0.491. The van der Waals surface area contributed by atoms with Gasteiger partial charge in [-0.05, 0) is 12.1 Å². The van der Waals surface area contributed by atoms with Gasteiger partial charge >= 0.3 is 0 Å². The van der Waals surface area contributed by atoms with Gasteiger partial charge in [0.05, 0.1) is 13.2 Å². The van der Waals surface area contributed by atoms with E-state index in [-0.39, 0.29) is 5.91 Å². The highest BCUT2D eigenvalue weighted by molar-refractivity contribution is 7.19.